The van der Waals surface area contributed by atoms with Gasteiger partial charge in [-0.2, -0.15) is 0 Å². The van der Waals surface area contributed by atoms with Crippen LogP contribution in [0.15, 0.2) is 40.9 Å². The van der Waals surface area contributed by atoms with Crippen LogP contribution in [0.4, 0.5) is 5.69 Å². The van der Waals surface area contributed by atoms with Crippen molar-refractivity contribution in [3.8, 4) is 0 Å². The molecule has 3 heteroatoms. The molecule has 0 aliphatic carbocycles. The highest BCUT2D eigenvalue weighted by Gasteiger charge is 2.21. The maximum atomic E-state index is 10.3. The Morgan fingerprint density at radius 1 is 1.00 bits per heavy atom. The van der Waals surface area contributed by atoms with Gasteiger partial charge in [-0.25, -0.2) is 0 Å². The number of hydrogen-bond acceptors (Lipinski definition) is 2. The van der Waals surface area contributed by atoms with E-state index in [0.29, 0.717) is 0 Å². The Morgan fingerprint density at radius 3 is 2.18 bits per heavy atom. The van der Waals surface area contributed by atoms with Gasteiger partial charge in [-0.05, 0) is 38.3 Å². The van der Waals surface area contributed by atoms with Crippen molar-refractivity contribution < 1.29 is 5.21 Å². The summed E-state index contributed by atoms with van der Waals surface area (Å²) in [7, 11) is 0. The van der Waals surface area contributed by atoms with E-state index in [-0.39, 0.29) is 5.54 Å². The lowest BCUT2D eigenvalue weighted by Crippen LogP contribution is -2.38. The summed E-state index contributed by atoms with van der Waals surface area (Å²) in [5.41, 5.74) is 0.507. The van der Waals surface area contributed by atoms with E-state index in [9.17, 15) is 5.21 Å². The molecule has 0 heterocycles. The zero-order chi connectivity index (χ0) is 12.6. The molecule has 2 aromatic rings. The largest absolute Gasteiger partial charge is 0.288 e. The number of anilines is 1. The van der Waals surface area contributed by atoms with Crippen LogP contribution in [0.5, 0.6) is 0 Å². The van der Waals surface area contributed by atoms with E-state index in [4.69, 9.17) is 0 Å². The second-order valence-electron chi connectivity index (χ2n) is 5.09. The molecule has 17 heavy (non-hydrogen) atoms. The first-order valence-electron chi connectivity index (χ1n) is 5.57. The fourth-order valence-corrected chi connectivity index (χ4v) is 2.27. The average Bonchev–Trinajstić information content (AvgIpc) is 2.28. The average molecular weight is 294 g/mol. The van der Waals surface area contributed by atoms with Gasteiger partial charge in [-0.3, -0.25) is 10.3 Å². The van der Waals surface area contributed by atoms with Crippen molar-refractivity contribution >= 4 is 32.4 Å². The molecule has 2 nitrogen and oxygen atoms in total. The highest BCUT2D eigenvalue weighted by atomic mass is 79.9. The highest BCUT2D eigenvalue weighted by Crippen LogP contribution is 2.34. The Hall–Kier alpha value is -1.06. The molecule has 0 aromatic heterocycles. The first kappa shape index (κ1) is 12.4. The van der Waals surface area contributed by atoms with E-state index in [1.165, 1.54) is 5.06 Å². The van der Waals surface area contributed by atoms with Gasteiger partial charge in [-0.15, -0.1) is 0 Å². The van der Waals surface area contributed by atoms with Gasteiger partial charge in [-0.1, -0.05) is 40.2 Å². The van der Waals surface area contributed by atoms with Crippen molar-refractivity contribution in [3.63, 3.8) is 0 Å². The monoisotopic (exact) mass is 293 g/mol. The van der Waals surface area contributed by atoms with Crippen LogP contribution in [0.25, 0.3) is 10.8 Å². The first-order valence-corrected chi connectivity index (χ1v) is 6.37. The van der Waals surface area contributed by atoms with Gasteiger partial charge in [0.05, 0.1) is 11.2 Å². The van der Waals surface area contributed by atoms with Gasteiger partial charge >= 0.3 is 0 Å². The molecule has 0 spiro atoms. The SMILES string of the molecule is CC(C)(C)N(O)c1ccc(Br)c2ccccc12. The number of nitrogens with zero attached hydrogens (tertiary/aromatic N) is 1. The van der Waals surface area contributed by atoms with Crippen LogP contribution < -0.4 is 5.06 Å². The molecule has 0 saturated heterocycles. The third kappa shape index (κ3) is 2.31. The van der Waals surface area contributed by atoms with Crippen molar-refractivity contribution in [1.29, 1.82) is 0 Å². The molecule has 0 saturated carbocycles. The van der Waals surface area contributed by atoms with Gasteiger partial charge in [0, 0.05) is 9.86 Å². The molecule has 90 valence electrons. The van der Waals surface area contributed by atoms with Crippen molar-refractivity contribution in [2.75, 3.05) is 5.06 Å². The third-order valence-corrected chi connectivity index (χ3v) is 3.40. The summed E-state index contributed by atoms with van der Waals surface area (Å²) < 4.78 is 1.04. The Morgan fingerprint density at radius 2 is 1.59 bits per heavy atom. The van der Waals surface area contributed by atoms with Crippen LogP contribution in [-0.4, -0.2) is 10.7 Å². The molecular weight excluding hydrogens is 278 g/mol. The normalized spacial score (nSPS) is 11.8. The van der Waals surface area contributed by atoms with E-state index < -0.39 is 0 Å². The smallest absolute Gasteiger partial charge is 0.0719 e. The summed E-state index contributed by atoms with van der Waals surface area (Å²) in [6, 6.07) is 11.9. The molecule has 0 fully saturated rings. The molecule has 1 N–H and O–H groups in total. The van der Waals surface area contributed by atoms with E-state index in [2.05, 4.69) is 15.9 Å². The maximum Gasteiger partial charge on any atom is 0.0719 e. The second kappa shape index (κ2) is 4.31. The van der Waals surface area contributed by atoms with E-state index >= 15 is 0 Å². The Balaban J connectivity index is 2.67. The Bertz CT molecular complexity index is 545. The minimum Gasteiger partial charge on any atom is -0.288 e. The number of fused-ring (bicyclic) bond motifs is 1. The summed E-state index contributed by atoms with van der Waals surface area (Å²) in [6.45, 7) is 5.93. The molecule has 0 bridgehead atoms. The van der Waals surface area contributed by atoms with Gasteiger partial charge in [0.1, 0.15) is 0 Å². The standard InChI is InChI=1S/C14H16BrNO/c1-14(2,3)16(17)13-9-8-12(15)10-6-4-5-7-11(10)13/h4-9,17H,1-3H3. The molecule has 2 aromatic carbocycles. The fraction of sp³-hybridized carbons (Fsp3) is 0.286. The zero-order valence-electron chi connectivity index (χ0n) is 10.2. The molecular formula is C14H16BrNO. The molecule has 0 radical (unpaired) electrons. The minimum absolute atomic E-state index is 0.323. The summed E-state index contributed by atoms with van der Waals surface area (Å²) >= 11 is 3.53. The number of hydroxylamine groups is 1. The fourth-order valence-electron chi connectivity index (χ4n) is 1.79. The van der Waals surface area contributed by atoms with Crippen LogP contribution in [-0.2, 0) is 0 Å². The lowest BCUT2D eigenvalue weighted by Gasteiger charge is -2.32. The summed E-state index contributed by atoms with van der Waals surface area (Å²) in [4.78, 5) is 0. The Kier molecular flexibility index (Phi) is 3.15. The van der Waals surface area contributed by atoms with E-state index in [1.807, 2.05) is 57.2 Å². The van der Waals surface area contributed by atoms with Gasteiger partial charge < -0.3 is 0 Å². The van der Waals surface area contributed by atoms with E-state index in [0.717, 1.165) is 20.9 Å². The first-order chi connectivity index (χ1) is 7.91. The third-order valence-electron chi connectivity index (χ3n) is 2.71. The zero-order valence-corrected chi connectivity index (χ0v) is 11.8. The molecule has 0 unspecified atom stereocenters. The summed E-state index contributed by atoms with van der Waals surface area (Å²) in [5.74, 6) is 0. The van der Waals surface area contributed by atoms with Crippen LogP contribution in [0.1, 0.15) is 20.8 Å². The van der Waals surface area contributed by atoms with Crippen molar-refractivity contribution in [1.82, 2.24) is 0 Å². The van der Waals surface area contributed by atoms with Gasteiger partial charge in [0.15, 0.2) is 0 Å². The molecule has 0 aliphatic heterocycles. The Labute approximate surface area is 110 Å². The van der Waals surface area contributed by atoms with Crippen LogP contribution in [0, 0.1) is 0 Å². The van der Waals surface area contributed by atoms with Crippen molar-refractivity contribution in [2.24, 2.45) is 0 Å². The summed E-state index contributed by atoms with van der Waals surface area (Å²) in [5, 5.41) is 13.7. The predicted octanol–water partition coefficient (Wildman–Crippen LogP) is 4.60. The number of hydrogen-bond donors (Lipinski definition) is 1. The maximum absolute atomic E-state index is 10.3. The van der Waals surface area contributed by atoms with Crippen LogP contribution in [0.3, 0.4) is 0 Å². The highest BCUT2D eigenvalue weighted by molar-refractivity contribution is 9.10. The molecule has 2 rings (SSSR count). The van der Waals surface area contributed by atoms with Gasteiger partial charge in [0.25, 0.3) is 0 Å². The number of rotatable bonds is 1. The predicted molar refractivity (Wildman–Crippen MR) is 75.7 cm³/mol. The quantitative estimate of drug-likeness (QED) is 0.777. The number of benzene rings is 2. The summed E-state index contributed by atoms with van der Waals surface area (Å²) in [6.07, 6.45) is 0. The number of halogens is 1. The minimum atomic E-state index is -0.323. The lowest BCUT2D eigenvalue weighted by molar-refractivity contribution is 0.182. The van der Waals surface area contributed by atoms with Gasteiger partial charge in [0.2, 0.25) is 0 Å². The van der Waals surface area contributed by atoms with Crippen LogP contribution >= 0.6 is 15.9 Å². The molecule has 0 atom stereocenters. The molecule has 0 amide bonds. The van der Waals surface area contributed by atoms with Crippen molar-refractivity contribution in [3.05, 3.63) is 40.9 Å². The lowest BCUT2D eigenvalue weighted by atomic mass is 10.0. The van der Waals surface area contributed by atoms with Crippen LogP contribution in [0.2, 0.25) is 0 Å². The second-order valence-corrected chi connectivity index (χ2v) is 5.95. The van der Waals surface area contributed by atoms with E-state index in [1.54, 1.807) is 0 Å². The molecule has 0 aliphatic rings. The van der Waals surface area contributed by atoms with Crippen molar-refractivity contribution in [2.45, 2.75) is 26.3 Å². The topological polar surface area (TPSA) is 23.5 Å².